The molecule has 19 heavy (non-hydrogen) atoms. The zero-order chi connectivity index (χ0) is 13.7. The molecule has 6 heteroatoms. The van der Waals surface area contributed by atoms with Crippen molar-refractivity contribution >= 4 is 5.97 Å². The first kappa shape index (κ1) is 13.2. The summed E-state index contributed by atoms with van der Waals surface area (Å²) in [5.74, 6) is 0.0519. The van der Waals surface area contributed by atoms with Crippen LogP contribution in [0.15, 0.2) is 28.8 Å². The monoisotopic (exact) mass is 262 g/mol. The molecule has 0 radical (unpaired) electrons. The van der Waals surface area contributed by atoms with Gasteiger partial charge in [0.1, 0.15) is 0 Å². The van der Waals surface area contributed by atoms with Crippen molar-refractivity contribution in [1.82, 2.24) is 10.1 Å². The van der Waals surface area contributed by atoms with Crippen LogP contribution in [0.5, 0.6) is 0 Å². The molecule has 0 aliphatic rings. The standard InChI is InChI=1S/C13H14N2O4/c1-18-8-2-3-11-14-12(19-15-11)9-4-6-10(7-5-9)13(16)17/h4-7H,2-3,8H2,1H3,(H,16,17). The maximum Gasteiger partial charge on any atom is 0.335 e. The van der Waals surface area contributed by atoms with Crippen molar-refractivity contribution in [2.75, 3.05) is 13.7 Å². The van der Waals surface area contributed by atoms with Crippen LogP contribution in [-0.2, 0) is 11.2 Å². The van der Waals surface area contributed by atoms with Crippen LogP contribution in [0, 0.1) is 0 Å². The van der Waals surface area contributed by atoms with Crippen LogP contribution in [0.4, 0.5) is 0 Å². The first-order chi connectivity index (χ1) is 9.20. The molecule has 1 aromatic heterocycles. The number of carbonyl (C=O) groups is 1. The lowest BCUT2D eigenvalue weighted by Gasteiger charge is -1.96. The molecule has 100 valence electrons. The van der Waals surface area contributed by atoms with E-state index in [9.17, 15) is 4.79 Å². The molecule has 0 saturated heterocycles. The molecule has 1 heterocycles. The quantitative estimate of drug-likeness (QED) is 0.801. The van der Waals surface area contributed by atoms with Crippen molar-refractivity contribution in [1.29, 1.82) is 0 Å². The second-order valence-corrected chi connectivity index (χ2v) is 3.99. The molecule has 0 aliphatic carbocycles. The second kappa shape index (κ2) is 6.10. The molecule has 0 spiro atoms. The summed E-state index contributed by atoms with van der Waals surface area (Å²) < 4.78 is 10.1. The highest BCUT2D eigenvalue weighted by molar-refractivity contribution is 5.88. The number of methoxy groups -OCH3 is 1. The van der Waals surface area contributed by atoms with Crippen LogP contribution >= 0.6 is 0 Å². The maximum atomic E-state index is 10.7. The van der Waals surface area contributed by atoms with E-state index in [4.69, 9.17) is 14.4 Å². The fourth-order valence-corrected chi connectivity index (χ4v) is 1.60. The van der Waals surface area contributed by atoms with Gasteiger partial charge >= 0.3 is 5.97 Å². The normalized spacial score (nSPS) is 10.6. The predicted molar refractivity (Wildman–Crippen MR) is 66.9 cm³/mol. The average Bonchev–Trinajstić information content (AvgIpc) is 2.88. The van der Waals surface area contributed by atoms with Gasteiger partial charge in [-0.05, 0) is 30.7 Å². The Bertz CT molecular complexity index is 548. The van der Waals surface area contributed by atoms with Crippen LogP contribution in [-0.4, -0.2) is 34.9 Å². The Labute approximate surface area is 110 Å². The van der Waals surface area contributed by atoms with Gasteiger partial charge in [0.2, 0.25) is 0 Å². The van der Waals surface area contributed by atoms with Gasteiger partial charge in [-0.3, -0.25) is 0 Å². The van der Waals surface area contributed by atoms with Crippen LogP contribution in [0.3, 0.4) is 0 Å². The highest BCUT2D eigenvalue weighted by Gasteiger charge is 2.09. The predicted octanol–water partition coefficient (Wildman–Crippen LogP) is 2.01. The number of carboxylic acids is 1. The lowest BCUT2D eigenvalue weighted by atomic mass is 10.1. The minimum Gasteiger partial charge on any atom is -0.478 e. The number of nitrogens with zero attached hydrogens (tertiary/aromatic N) is 2. The van der Waals surface area contributed by atoms with E-state index in [0.29, 0.717) is 30.3 Å². The van der Waals surface area contributed by atoms with Crippen molar-refractivity contribution in [3.63, 3.8) is 0 Å². The summed E-state index contributed by atoms with van der Waals surface area (Å²) in [4.78, 5) is 15.0. The van der Waals surface area contributed by atoms with Crippen LogP contribution < -0.4 is 0 Å². The molecule has 0 aliphatic heterocycles. The summed E-state index contributed by atoms with van der Waals surface area (Å²) in [5.41, 5.74) is 0.930. The molecule has 1 N–H and O–H groups in total. The average molecular weight is 262 g/mol. The van der Waals surface area contributed by atoms with E-state index in [0.717, 1.165) is 6.42 Å². The molecular formula is C13H14N2O4. The lowest BCUT2D eigenvalue weighted by molar-refractivity contribution is 0.0697. The van der Waals surface area contributed by atoms with Gasteiger partial charge in [0.15, 0.2) is 5.82 Å². The van der Waals surface area contributed by atoms with E-state index in [1.165, 1.54) is 12.1 Å². The van der Waals surface area contributed by atoms with Crippen LogP contribution in [0.2, 0.25) is 0 Å². The van der Waals surface area contributed by atoms with Gasteiger partial charge in [-0.15, -0.1) is 0 Å². The Hall–Kier alpha value is -2.21. The molecule has 2 rings (SSSR count). The topological polar surface area (TPSA) is 85.5 Å². The third-order valence-electron chi connectivity index (χ3n) is 2.60. The number of ether oxygens (including phenoxy) is 1. The molecule has 0 amide bonds. The Morgan fingerprint density at radius 2 is 2.11 bits per heavy atom. The maximum absolute atomic E-state index is 10.7. The first-order valence-corrected chi connectivity index (χ1v) is 5.86. The van der Waals surface area contributed by atoms with E-state index in [1.807, 2.05) is 0 Å². The number of carboxylic acid groups (broad SMARTS) is 1. The number of benzene rings is 1. The fraction of sp³-hybridized carbons (Fsp3) is 0.308. The van der Waals surface area contributed by atoms with Crippen molar-refractivity contribution in [2.45, 2.75) is 12.8 Å². The van der Waals surface area contributed by atoms with Gasteiger partial charge in [-0.2, -0.15) is 4.98 Å². The second-order valence-electron chi connectivity index (χ2n) is 3.99. The molecule has 0 atom stereocenters. The van der Waals surface area contributed by atoms with Gasteiger partial charge < -0.3 is 14.4 Å². The molecule has 2 aromatic rings. The summed E-state index contributed by atoms with van der Waals surface area (Å²) in [5, 5.41) is 12.7. The molecular weight excluding hydrogens is 248 g/mol. The zero-order valence-electron chi connectivity index (χ0n) is 10.5. The van der Waals surface area contributed by atoms with Gasteiger partial charge in [0, 0.05) is 25.7 Å². The largest absolute Gasteiger partial charge is 0.478 e. The van der Waals surface area contributed by atoms with E-state index in [1.54, 1.807) is 19.2 Å². The third kappa shape index (κ3) is 3.38. The number of hydrogen-bond donors (Lipinski definition) is 1. The van der Waals surface area contributed by atoms with E-state index < -0.39 is 5.97 Å². The van der Waals surface area contributed by atoms with Gasteiger partial charge in [-0.1, -0.05) is 5.16 Å². The van der Waals surface area contributed by atoms with Gasteiger partial charge in [-0.25, -0.2) is 4.79 Å². The summed E-state index contributed by atoms with van der Waals surface area (Å²) in [6.07, 6.45) is 1.51. The van der Waals surface area contributed by atoms with E-state index in [-0.39, 0.29) is 5.56 Å². The summed E-state index contributed by atoms with van der Waals surface area (Å²) >= 11 is 0. The van der Waals surface area contributed by atoms with Crippen LogP contribution in [0.25, 0.3) is 11.5 Å². The molecule has 1 aromatic carbocycles. The Morgan fingerprint density at radius 1 is 1.37 bits per heavy atom. The highest BCUT2D eigenvalue weighted by Crippen LogP contribution is 2.18. The van der Waals surface area contributed by atoms with Gasteiger partial charge in [0.25, 0.3) is 5.89 Å². The highest BCUT2D eigenvalue weighted by atomic mass is 16.5. The zero-order valence-corrected chi connectivity index (χ0v) is 10.5. The number of rotatable bonds is 6. The molecule has 0 bridgehead atoms. The minimum atomic E-state index is -0.961. The van der Waals surface area contributed by atoms with Gasteiger partial charge in [0.05, 0.1) is 5.56 Å². The number of aromatic carboxylic acids is 1. The van der Waals surface area contributed by atoms with Crippen molar-refractivity contribution in [3.05, 3.63) is 35.7 Å². The van der Waals surface area contributed by atoms with Crippen molar-refractivity contribution in [3.8, 4) is 11.5 Å². The first-order valence-electron chi connectivity index (χ1n) is 5.86. The number of hydrogen-bond acceptors (Lipinski definition) is 5. The van der Waals surface area contributed by atoms with Crippen molar-refractivity contribution < 1.29 is 19.2 Å². The Kier molecular flexibility index (Phi) is 4.25. The summed E-state index contributed by atoms with van der Waals surface area (Å²) in [6, 6.07) is 6.31. The van der Waals surface area contributed by atoms with Crippen LogP contribution in [0.1, 0.15) is 22.6 Å². The Morgan fingerprint density at radius 3 is 2.74 bits per heavy atom. The fourth-order valence-electron chi connectivity index (χ4n) is 1.60. The van der Waals surface area contributed by atoms with E-state index >= 15 is 0 Å². The summed E-state index contributed by atoms with van der Waals surface area (Å²) in [7, 11) is 1.64. The number of aromatic nitrogens is 2. The lowest BCUT2D eigenvalue weighted by Crippen LogP contribution is -1.95. The minimum absolute atomic E-state index is 0.226. The molecule has 0 fully saturated rings. The van der Waals surface area contributed by atoms with E-state index in [2.05, 4.69) is 10.1 Å². The van der Waals surface area contributed by atoms with Crippen molar-refractivity contribution in [2.24, 2.45) is 0 Å². The Balaban J connectivity index is 2.07. The third-order valence-corrected chi connectivity index (χ3v) is 2.60. The number of aryl methyl sites for hydroxylation is 1. The SMILES string of the molecule is COCCCc1noc(-c2ccc(C(=O)O)cc2)n1. The molecule has 0 saturated carbocycles. The summed E-state index contributed by atoms with van der Waals surface area (Å²) in [6.45, 7) is 0.650. The molecule has 0 unspecified atom stereocenters. The smallest absolute Gasteiger partial charge is 0.335 e. The molecule has 6 nitrogen and oxygen atoms in total.